The minimum absolute atomic E-state index is 0.114. The number of aryl methyl sites for hydroxylation is 1. The number of hydrogen-bond donors (Lipinski definition) is 2. The van der Waals surface area contributed by atoms with Crippen LogP contribution in [0.5, 0.6) is 0 Å². The van der Waals surface area contributed by atoms with Crippen molar-refractivity contribution in [2.75, 3.05) is 32.1 Å². The maximum atomic E-state index is 8.94. The Balaban J connectivity index is 2.37. The van der Waals surface area contributed by atoms with Crippen molar-refractivity contribution in [3.05, 3.63) is 23.4 Å². The number of nitrogens with two attached hydrogens (primary N) is 1. The molecular formula is C14H23N5O. The normalized spacial score (nSPS) is 19.9. The van der Waals surface area contributed by atoms with Gasteiger partial charge in [-0.2, -0.15) is 0 Å². The smallest absolute Gasteiger partial charge is 0.173 e. The molecular weight excluding hydrogens is 254 g/mol. The fraction of sp³-hybridized carbons (Fsp3) is 0.571. The van der Waals surface area contributed by atoms with Crippen LogP contribution in [-0.2, 0) is 0 Å². The van der Waals surface area contributed by atoms with E-state index in [-0.39, 0.29) is 5.84 Å². The number of rotatable bonds is 4. The molecule has 6 heteroatoms. The van der Waals surface area contributed by atoms with E-state index in [0.29, 0.717) is 11.6 Å². The minimum atomic E-state index is 0.114. The molecule has 1 aliphatic heterocycles. The largest absolute Gasteiger partial charge is 0.409 e. The van der Waals surface area contributed by atoms with Crippen LogP contribution < -0.4 is 10.6 Å². The van der Waals surface area contributed by atoms with E-state index in [0.717, 1.165) is 37.4 Å². The maximum Gasteiger partial charge on any atom is 0.173 e. The summed E-state index contributed by atoms with van der Waals surface area (Å²) in [4.78, 5) is 9.08. The van der Waals surface area contributed by atoms with Gasteiger partial charge in [-0.25, -0.2) is 4.98 Å². The number of likely N-dealkylation sites (N-methyl/N-ethyl adjacent to an activating group) is 1. The molecule has 2 rings (SSSR count). The SMILES string of the molecule is Cc1ccc(C(N)=NO)c(N2CCCC2CN(C)C)n1. The molecule has 0 saturated carbocycles. The van der Waals surface area contributed by atoms with Crippen LogP contribution in [0, 0.1) is 6.92 Å². The van der Waals surface area contributed by atoms with Crippen molar-refractivity contribution >= 4 is 11.7 Å². The fourth-order valence-electron chi connectivity index (χ4n) is 2.74. The van der Waals surface area contributed by atoms with E-state index in [1.165, 1.54) is 0 Å². The zero-order chi connectivity index (χ0) is 14.7. The van der Waals surface area contributed by atoms with E-state index in [1.807, 2.05) is 19.1 Å². The van der Waals surface area contributed by atoms with Crippen LogP contribution in [0.1, 0.15) is 24.1 Å². The van der Waals surface area contributed by atoms with Crippen LogP contribution in [0.3, 0.4) is 0 Å². The Labute approximate surface area is 119 Å². The molecule has 1 aliphatic rings. The molecule has 1 fully saturated rings. The van der Waals surface area contributed by atoms with Crippen LogP contribution in [0.25, 0.3) is 0 Å². The third kappa shape index (κ3) is 3.01. The van der Waals surface area contributed by atoms with Crippen molar-refractivity contribution in [3.63, 3.8) is 0 Å². The Morgan fingerprint density at radius 3 is 2.95 bits per heavy atom. The van der Waals surface area contributed by atoms with E-state index >= 15 is 0 Å². The van der Waals surface area contributed by atoms with Crippen LogP contribution in [0.15, 0.2) is 17.3 Å². The van der Waals surface area contributed by atoms with Crippen LogP contribution in [0.2, 0.25) is 0 Å². The molecule has 1 aromatic rings. The summed E-state index contributed by atoms with van der Waals surface area (Å²) in [6.45, 7) is 3.89. The van der Waals surface area contributed by atoms with Crippen LogP contribution >= 0.6 is 0 Å². The molecule has 2 heterocycles. The van der Waals surface area contributed by atoms with Crippen molar-refractivity contribution in [2.45, 2.75) is 25.8 Å². The Morgan fingerprint density at radius 2 is 2.30 bits per heavy atom. The lowest BCUT2D eigenvalue weighted by atomic mass is 10.1. The highest BCUT2D eigenvalue weighted by Crippen LogP contribution is 2.27. The molecule has 0 aliphatic carbocycles. The monoisotopic (exact) mass is 277 g/mol. The molecule has 0 bridgehead atoms. The van der Waals surface area contributed by atoms with E-state index in [1.54, 1.807) is 0 Å². The number of nitrogens with zero attached hydrogens (tertiary/aromatic N) is 4. The summed E-state index contributed by atoms with van der Waals surface area (Å²) < 4.78 is 0. The molecule has 110 valence electrons. The van der Waals surface area contributed by atoms with Crippen molar-refractivity contribution in [1.29, 1.82) is 0 Å². The molecule has 0 aromatic carbocycles. The highest BCUT2D eigenvalue weighted by molar-refractivity contribution is 6.01. The first-order valence-corrected chi connectivity index (χ1v) is 6.90. The standard InChI is InChI=1S/C14H23N5O/c1-10-6-7-12(13(15)17-20)14(16-10)19-8-4-5-11(19)9-18(2)3/h6-7,11,20H,4-5,8-9H2,1-3H3,(H2,15,17). The van der Waals surface area contributed by atoms with Gasteiger partial charge in [-0.3, -0.25) is 0 Å². The molecule has 1 unspecified atom stereocenters. The Morgan fingerprint density at radius 1 is 1.55 bits per heavy atom. The summed E-state index contributed by atoms with van der Waals surface area (Å²) in [7, 11) is 4.15. The van der Waals surface area contributed by atoms with Gasteiger partial charge in [-0.05, 0) is 46.0 Å². The van der Waals surface area contributed by atoms with Crippen molar-refractivity contribution in [3.8, 4) is 0 Å². The van der Waals surface area contributed by atoms with Crippen molar-refractivity contribution in [2.24, 2.45) is 10.9 Å². The first-order valence-electron chi connectivity index (χ1n) is 6.90. The molecule has 3 N–H and O–H groups in total. The van der Waals surface area contributed by atoms with Gasteiger partial charge in [0.2, 0.25) is 0 Å². The number of hydrogen-bond acceptors (Lipinski definition) is 5. The molecule has 1 atom stereocenters. The zero-order valence-corrected chi connectivity index (χ0v) is 12.4. The fourth-order valence-corrected chi connectivity index (χ4v) is 2.74. The van der Waals surface area contributed by atoms with Crippen LogP contribution in [0.4, 0.5) is 5.82 Å². The van der Waals surface area contributed by atoms with Gasteiger partial charge in [0.05, 0.1) is 5.56 Å². The number of amidine groups is 1. The summed E-state index contributed by atoms with van der Waals surface area (Å²) in [5.41, 5.74) is 7.42. The predicted octanol–water partition coefficient (Wildman–Crippen LogP) is 1.01. The summed E-state index contributed by atoms with van der Waals surface area (Å²) in [6.07, 6.45) is 2.28. The zero-order valence-electron chi connectivity index (χ0n) is 12.4. The molecule has 1 saturated heterocycles. The van der Waals surface area contributed by atoms with E-state index in [4.69, 9.17) is 10.9 Å². The van der Waals surface area contributed by atoms with Gasteiger partial charge in [-0.1, -0.05) is 5.16 Å². The van der Waals surface area contributed by atoms with E-state index in [2.05, 4.69) is 34.0 Å². The first-order chi connectivity index (χ1) is 9.52. The molecule has 20 heavy (non-hydrogen) atoms. The van der Waals surface area contributed by atoms with Gasteiger partial charge >= 0.3 is 0 Å². The Bertz CT molecular complexity index is 500. The molecule has 6 nitrogen and oxygen atoms in total. The summed E-state index contributed by atoms with van der Waals surface area (Å²) >= 11 is 0. The summed E-state index contributed by atoms with van der Waals surface area (Å²) in [5.74, 6) is 0.938. The second kappa shape index (κ2) is 6.09. The highest BCUT2D eigenvalue weighted by atomic mass is 16.4. The number of oxime groups is 1. The average molecular weight is 277 g/mol. The lowest BCUT2D eigenvalue weighted by molar-refractivity contribution is 0.318. The average Bonchev–Trinajstić information content (AvgIpc) is 2.85. The topological polar surface area (TPSA) is 78.0 Å². The number of anilines is 1. The van der Waals surface area contributed by atoms with Gasteiger partial charge in [-0.15, -0.1) is 0 Å². The van der Waals surface area contributed by atoms with Crippen LogP contribution in [-0.4, -0.2) is 54.2 Å². The molecule has 0 spiro atoms. The molecule has 1 aromatic heterocycles. The predicted molar refractivity (Wildman–Crippen MR) is 80.4 cm³/mol. The van der Waals surface area contributed by atoms with Gasteiger partial charge in [0.25, 0.3) is 0 Å². The Hall–Kier alpha value is -1.82. The maximum absolute atomic E-state index is 8.94. The summed E-state index contributed by atoms with van der Waals surface area (Å²) in [5, 5.41) is 12.1. The minimum Gasteiger partial charge on any atom is -0.409 e. The van der Waals surface area contributed by atoms with Gasteiger partial charge < -0.3 is 20.7 Å². The highest BCUT2D eigenvalue weighted by Gasteiger charge is 2.28. The van der Waals surface area contributed by atoms with Crippen molar-refractivity contribution in [1.82, 2.24) is 9.88 Å². The third-order valence-corrected chi connectivity index (χ3v) is 3.62. The summed E-state index contributed by atoms with van der Waals surface area (Å²) in [6, 6.07) is 4.18. The van der Waals surface area contributed by atoms with Gasteiger partial charge in [0.1, 0.15) is 5.82 Å². The quantitative estimate of drug-likeness (QED) is 0.372. The van der Waals surface area contributed by atoms with Gasteiger partial charge in [0.15, 0.2) is 5.84 Å². The lowest BCUT2D eigenvalue weighted by Gasteiger charge is -2.29. The van der Waals surface area contributed by atoms with E-state index < -0.39 is 0 Å². The molecule has 0 amide bonds. The Kier molecular flexibility index (Phi) is 4.44. The second-order valence-electron chi connectivity index (χ2n) is 5.56. The lowest BCUT2D eigenvalue weighted by Crippen LogP contribution is -2.39. The van der Waals surface area contributed by atoms with Gasteiger partial charge in [0, 0.05) is 24.8 Å². The number of pyridine rings is 1. The molecule has 0 radical (unpaired) electrons. The second-order valence-corrected chi connectivity index (χ2v) is 5.56. The first kappa shape index (κ1) is 14.6. The third-order valence-electron chi connectivity index (χ3n) is 3.62. The van der Waals surface area contributed by atoms with E-state index in [9.17, 15) is 0 Å². The van der Waals surface area contributed by atoms with Crippen molar-refractivity contribution < 1.29 is 5.21 Å². The number of aromatic nitrogens is 1.